The van der Waals surface area contributed by atoms with Crippen molar-refractivity contribution in [1.82, 2.24) is 15.0 Å². The number of fused-ring (bicyclic) bond motifs is 1. The lowest BCUT2D eigenvalue weighted by molar-refractivity contribution is 0.122. The molecule has 1 aliphatic heterocycles. The number of hydrogen-bond acceptors (Lipinski definition) is 5. The summed E-state index contributed by atoms with van der Waals surface area (Å²) in [5.41, 5.74) is 1.09. The Kier molecular flexibility index (Phi) is 3.78. The first-order valence-electron chi connectivity index (χ1n) is 7.62. The van der Waals surface area contributed by atoms with E-state index in [1.54, 1.807) is 24.4 Å². The third-order valence-corrected chi connectivity index (χ3v) is 3.97. The van der Waals surface area contributed by atoms with Gasteiger partial charge in [0, 0.05) is 30.2 Å². The maximum atomic E-state index is 14.1. The zero-order chi connectivity index (χ0) is 16.5. The first-order chi connectivity index (χ1) is 11.7. The van der Waals surface area contributed by atoms with E-state index in [0.717, 1.165) is 6.20 Å². The average molecular weight is 328 g/mol. The average Bonchev–Trinajstić information content (AvgIpc) is 2.63. The maximum Gasteiger partial charge on any atom is 0.183 e. The first-order valence-corrected chi connectivity index (χ1v) is 7.62. The van der Waals surface area contributed by atoms with Gasteiger partial charge in [0.2, 0.25) is 0 Å². The fourth-order valence-electron chi connectivity index (χ4n) is 2.73. The second-order valence-electron chi connectivity index (χ2n) is 5.50. The topological polar surface area (TPSA) is 51.1 Å². The van der Waals surface area contributed by atoms with E-state index in [1.165, 1.54) is 6.07 Å². The molecule has 5 nitrogen and oxygen atoms in total. The molecule has 0 saturated carbocycles. The Balaban J connectivity index is 1.77. The van der Waals surface area contributed by atoms with Crippen LogP contribution in [0.25, 0.3) is 22.3 Å². The van der Waals surface area contributed by atoms with E-state index in [2.05, 4.69) is 15.0 Å². The van der Waals surface area contributed by atoms with E-state index >= 15 is 0 Å². The smallest absolute Gasteiger partial charge is 0.183 e. The molecule has 3 aromatic rings. The number of ether oxygens (including phenoxy) is 1. The zero-order valence-corrected chi connectivity index (χ0v) is 12.7. The summed E-state index contributed by atoms with van der Waals surface area (Å²) in [5, 5.41) is 0.385. The van der Waals surface area contributed by atoms with Crippen LogP contribution in [-0.4, -0.2) is 41.3 Å². The maximum absolute atomic E-state index is 14.1. The van der Waals surface area contributed by atoms with E-state index in [0.29, 0.717) is 48.6 Å². The first kappa shape index (κ1) is 14.9. The number of halogens is 2. The lowest BCUT2D eigenvalue weighted by Crippen LogP contribution is -2.37. The molecule has 2 aromatic heterocycles. The molecule has 7 heteroatoms. The Morgan fingerprint density at radius 1 is 1.00 bits per heavy atom. The number of aromatic nitrogens is 3. The fraction of sp³-hybridized carbons (Fsp3) is 0.235. The van der Waals surface area contributed by atoms with Gasteiger partial charge < -0.3 is 9.64 Å². The SMILES string of the molecule is Fc1cnc(-c2cnc3cccc(F)c3c2)nc1N1CCOCC1. The van der Waals surface area contributed by atoms with Gasteiger partial charge in [-0.05, 0) is 18.2 Å². The highest BCUT2D eigenvalue weighted by atomic mass is 19.1. The summed E-state index contributed by atoms with van der Waals surface area (Å²) in [5.74, 6) is -0.301. The van der Waals surface area contributed by atoms with E-state index in [9.17, 15) is 8.78 Å². The monoisotopic (exact) mass is 328 g/mol. The number of hydrogen-bond donors (Lipinski definition) is 0. The summed E-state index contributed by atoms with van der Waals surface area (Å²) in [6.07, 6.45) is 2.71. The van der Waals surface area contributed by atoms with Crippen molar-refractivity contribution in [2.75, 3.05) is 31.2 Å². The van der Waals surface area contributed by atoms with E-state index in [1.807, 2.05) is 4.90 Å². The highest BCUT2D eigenvalue weighted by Crippen LogP contribution is 2.25. The van der Waals surface area contributed by atoms with Crippen molar-refractivity contribution < 1.29 is 13.5 Å². The summed E-state index contributed by atoms with van der Waals surface area (Å²) < 4.78 is 33.3. The molecule has 122 valence electrons. The predicted octanol–water partition coefficient (Wildman–Crippen LogP) is 2.81. The van der Waals surface area contributed by atoms with Gasteiger partial charge in [-0.2, -0.15) is 0 Å². The molecule has 0 amide bonds. The number of benzene rings is 1. The van der Waals surface area contributed by atoms with Crippen LogP contribution in [0.4, 0.5) is 14.6 Å². The number of rotatable bonds is 2. The molecule has 0 bridgehead atoms. The third-order valence-electron chi connectivity index (χ3n) is 3.97. The molecule has 0 radical (unpaired) electrons. The molecule has 1 fully saturated rings. The van der Waals surface area contributed by atoms with Crippen LogP contribution in [0, 0.1) is 11.6 Å². The minimum atomic E-state index is -0.486. The quantitative estimate of drug-likeness (QED) is 0.724. The normalized spacial score (nSPS) is 15.0. The summed E-state index contributed by atoms with van der Waals surface area (Å²) in [6, 6.07) is 6.34. The molecule has 0 N–H and O–H groups in total. The summed E-state index contributed by atoms with van der Waals surface area (Å²) in [6.45, 7) is 2.19. The largest absolute Gasteiger partial charge is 0.378 e. The summed E-state index contributed by atoms with van der Waals surface area (Å²) in [4.78, 5) is 14.4. The van der Waals surface area contributed by atoms with Crippen molar-refractivity contribution in [3.8, 4) is 11.4 Å². The Morgan fingerprint density at radius 2 is 1.83 bits per heavy atom. The molecule has 24 heavy (non-hydrogen) atoms. The molecule has 1 saturated heterocycles. The van der Waals surface area contributed by atoms with Crippen LogP contribution in [0.5, 0.6) is 0 Å². The number of nitrogens with zero attached hydrogens (tertiary/aromatic N) is 4. The molecule has 3 heterocycles. The van der Waals surface area contributed by atoms with Crippen molar-refractivity contribution in [3.05, 3.63) is 48.3 Å². The minimum Gasteiger partial charge on any atom is -0.378 e. The molecule has 4 rings (SSSR count). The standard InChI is InChI=1S/C17H14F2N4O/c18-13-2-1-3-15-12(13)8-11(9-20-15)16-21-10-14(19)17(22-16)23-4-6-24-7-5-23/h1-3,8-10H,4-7H2. The van der Waals surface area contributed by atoms with Gasteiger partial charge in [0.1, 0.15) is 5.82 Å². The predicted molar refractivity (Wildman–Crippen MR) is 85.7 cm³/mol. The fourth-order valence-corrected chi connectivity index (χ4v) is 2.73. The van der Waals surface area contributed by atoms with Gasteiger partial charge >= 0.3 is 0 Å². The van der Waals surface area contributed by atoms with Gasteiger partial charge in [0.15, 0.2) is 17.5 Å². The van der Waals surface area contributed by atoms with Crippen molar-refractivity contribution >= 4 is 16.7 Å². The van der Waals surface area contributed by atoms with Gasteiger partial charge in [-0.1, -0.05) is 6.07 Å². The van der Waals surface area contributed by atoms with E-state index < -0.39 is 5.82 Å². The molecule has 0 aliphatic carbocycles. The van der Waals surface area contributed by atoms with Crippen LogP contribution < -0.4 is 4.90 Å². The van der Waals surface area contributed by atoms with Gasteiger partial charge in [-0.3, -0.25) is 4.98 Å². The van der Waals surface area contributed by atoms with E-state index in [-0.39, 0.29) is 11.6 Å². The van der Waals surface area contributed by atoms with Crippen molar-refractivity contribution in [2.24, 2.45) is 0 Å². The third kappa shape index (κ3) is 2.67. The molecular weight excluding hydrogens is 314 g/mol. The molecule has 0 spiro atoms. The second-order valence-corrected chi connectivity index (χ2v) is 5.50. The molecule has 0 atom stereocenters. The number of anilines is 1. The summed E-state index contributed by atoms with van der Waals surface area (Å²) >= 11 is 0. The highest BCUT2D eigenvalue weighted by molar-refractivity contribution is 5.83. The molecular formula is C17H14F2N4O. The van der Waals surface area contributed by atoms with Gasteiger partial charge in [-0.15, -0.1) is 0 Å². The van der Waals surface area contributed by atoms with Crippen LogP contribution in [0.1, 0.15) is 0 Å². The van der Waals surface area contributed by atoms with Crippen LogP contribution in [0.3, 0.4) is 0 Å². The number of morpholine rings is 1. The van der Waals surface area contributed by atoms with Gasteiger partial charge in [0.05, 0.1) is 24.9 Å². The van der Waals surface area contributed by atoms with Crippen molar-refractivity contribution in [3.63, 3.8) is 0 Å². The molecule has 0 unspecified atom stereocenters. The Hall–Kier alpha value is -2.67. The lowest BCUT2D eigenvalue weighted by atomic mass is 10.1. The van der Waals surface area contributed by atoms with Crippen LogP contribution >= 0.6 is 0 Å². The second kappa shape index (κ2) is 6.09. The highest BCUT2D eigenvalue weighted by Gasteiger charge is 2.18. The van der Waals surface area contributed by atoms with Gasteiger partial charge in [-0.25, -0.2) is 18.7 Å². The van der Waals surface area contributed by atoms with Crippen molar-refractivity contribution in [2.45, 2.75) is 0 Å². The number of pyridine rings is 1. The lowest BCUT2D eigenvalue weighted by Gasteiger charge is -2.28. The Labute approximate surface area is 136 Å². The summed E-state index contributed by atoms with van der Waals surface area (Å²) in [7, 11) is 0. The van der Waals surface area contributed by atoms with Crippen molar-refractivity contribution in [1.29, 1.82) is 0 Å². The minimum absolute atomic E-state index is 0.233. The van der Waals surface area contributed by atoms with Crippen LogP contribution in [-0.2, 0) is 4.74 Å². The molecule has 1 aliphatic rings. The zero-order valence-electron chi connectivity index (χ0n) is 12.7. The van der Waals surface area contributed by atoms with Crippen LogP contribution in [0.2, 0.25) is 0 Å². The Morgan fingerprint density at radius 3 is 2.67 bits per heavy atom. The van der Waals surface area contributed by atoms with E-state index in [4.69, 9.17) is 4.74 Å². The molecule has 1 aromatic carbocycles. The van der Waals surface area contributed by atoms with Crippen LogP contribution in [0.15, 0.2) is 36.7 Å². The van der Waals surface area contributed by atoms with Gasteiger partial charge in [0.25, 0.3) is 0 Å². The Bertz CT molecular complexity index is 897.